The molecule has 0 bridgehead atoms. The number of nitrogens with zero attached hydrogens (tertiary/aromatic N) is 1. The number of aromatic nitrogens is 1. The fourth-order valence-electron chi connectivity index (χ4n) is 2.02. The number of nitrogens with one attached hydrogen (secondary N) is 1. The molecule has 0 atom stereocenters. The maximum atomic E-state index is 11.7. The Bertz CT molecular complexity index is 580. The molecule has 0 spiro atoms. The quantitative estimate of drug-likeness (QED) is 0.855. The molecule has 2 aromatic rings. The Hall–Kier alpha value is -2.36. The van der Waals surface area contributed by atoms with Crippen LogP contribution in [-0.2, 0) is 11.2 Å². The van der Waals surface area contributed by atoms with Gasteiger partial charge in [-0.2, -0.15) is 0 Å². The molecule has 0 unspecified atom stereocenters. The lowest BCUT2D eigenvalue weighted by Crippen LogP contribution is -2.30. The molecular weight excluding hydrogens is 276 g/mol. The van der Waals surface area contributed by atoms with Crippen molar-refractivity contribution in [3.05, 3.63) is 59.9 Å². The molecule has 116 valence electrons. The molecule has 1 heterocycles. The van der Waals surface area contributed by atoms with E-state index in [2.05, 4.69) is 24.1 Å². The highest BCUT2D eigenvalue weighted by molar-refractivity contribution is 5.77. The summed E-state index contributed by atoms with van der Waals surface area (Å²) in [5.74, 6) is 1.08. The van der Waals surface area contributed by atoms with E-state index in [0.717, 1.165) is 12.1 Å². The van der Waals surface area contributed by atoms with Crippen molar-refractivity contribution in [3.63, 3.8) is 0 Å². The van der Waals surface area contributed by atoms with E-state index in [1.165, 1.54) is 5.56 Å². The van der Waals surface area contributed by atoms with Gasteiger partial charge in [0.1, 0.15) is 5.75 Å². The third-order valence-corrected chi connectivity index (χ3v) is 3.35. The summed E-state index contributed by atoms with van der Waals surface area (Å²) in [6.07, 6.45) is 2.47. The molecule has 1 N–H and O–H groups in total. The van der Waals surface area contributed by atoms with E-state index in [4.69, 9.17) is 4.74 Å². The van der Waals surface area contributed by atoms with Crippen LogP contribution < -0.4 is 10.1 Å². The number of carbonyl (C=O) groups excluding carboxylic acids is 1. The summed E-state index contributed by atoms with van der Waals surface area (Å²) in [5.41, 5.74) is 2.22. The SMILES string of the molecule is CC(C)c1ccc(OCC(=O)NCCc2ccccn2)cc1. The summed E-state index contributed by atoms with van der Waals surface area (Å²) >= 11 is 0. The molecule has 0 aliphatic heterocycles. The van der Waals surface area contributed by atoms with Crippen LogP contribution in [0.3, 0.4) is 0 Å². The van der Waals surface area contributed by atoms with Crippen LogP contribution in [0.2, 0.25) is 0 Å². The van der Waals surface area contributed by atoms with Gasteiger partial charge in [-0.1, -0.05) is 32.0 Å². The molecule has 0 saturated carbocycles. The molecular formula is C18H22N2O2. The van der Waals surface area contributed by atoms with Gasteiger partial charge in [0.15, 0.2) is 6.61 Å². The van der Waals surface area contributed by atoms with Crippen LogP contribution in [0.4, 0.5) is 0 Å². The van der Waals surface area contributed by atoms with E-state index in [0.29, 0.717) is 18.2 Å². The molecule has 1 aromatic carbocycles. The predicted molar refractivity (Wildman–Crippen MR) is 87.0 cm³/mol. The second-order valence-corrected chi connectivity index (χ2v) is 5.43. The van der Waals surface area contributed by atoms with Crippen LogP contribution in [0.1, 0.15) is 31.0 Å². The van der Waals surface area contributed by atoms with Crippen molar-refractivity contribution in [1.29, 1.82) is 0 Å². The highest BCUT2D eigenvalue weighted by Crippen LogP contribution is 2.18. The van der Waals surface area contributed by atoms with Crippen molar-refractivity contribution in [1.82, 2.24) is 10.3 Å². The lowest BCUT2D eigenvalue weighted by atomic mass is 10.0. The zero-order chi connectivity index (χ0) is 15.8. The number of carbonyl (C=O) groups is 1. The standard InChI is InChI=1S/C18H22N2O2/c1-14(2)15-6-8-17(9-7-15)22-13-18(21)20-12-10-16-5-3-4-11-19-16/h3-9,11,14H,10,12-13H2,1-2H3,(H,20,21). The minimum absolute atomic E-state index is 0.0310. The molecule has 1 aromatic heterocycles. The predicted octanol–water partition coefficient (Wildman–Crippen LogP) is 2.94. The molecule has 4 heteroatoms. The number of rotatable bonds is 7. The molecule has 1 amide bonds. The smallest absolute Gasteiger partial charge is 0.257 e. The lowest BCUT2D eigenvalue weighted by molar-refractivity contribution is -0.123. The fraction of sp³-hybridized carbons (Fsp3) is 0.333. The third kappa shape index (κ3) is 5.20. The summed E-state index contributed by atoms with van der Waals surface area (Å²) < 4.78 is 5.48. The largest absolute Gasteiger partial charge is 0.484 e. The summed E-state index contributed by atoms with van der Waals surface area (Å²) in [4.78, 5) is 15.9. The van der Waals surface area contributed by atoms with E-state index < -0.39 is 0 Å². The first kappa shape index (κ1) is 16.0. The van der Waals surface area contributed by atoms with Crippen LogP contribution in [0.15, 0.2) is 48.7 Å². The highest BCUT2D eigenvalue weighted by atomic mass is 16.5. The van der Waals surface area contributed by atoms with E-state index in [1.54, 1.807) is 6.20 Å². The van der Waals surface area contributed by atoms with Crippen molar-refractivity contribution in [3.8, 4) is 5.75 Å². The monoisotopic (exact) mass is 298 g/mol. The fourth-order valence-corrected chi connectivity index (χ4v) is 2.02. The Kier molecular flexibility index (Phi) is 5.95. The van der Waals surface area contributed by atoms with Crippen molar-refractivity contribution in [2.45, 2.75) is 26.2 Å². The zero-order valence-corrected chi connectivity index (χ0v) is 13.1. The first-order chi connectivity index (χ1) is 10.6. The molecule has 22 heavy (non-hydrogen) atoms. The van der Waals surface area contributed by atoms with E-state index in [-0.39, 0.29) is 12.5 Å². The number of amides is 1. The van der Waals surface area contributed by atoms with Crippen molar-refractivity contribution < 1.29 is 9.53 Å². The minimum atomic E-state index is -0.121. The van der Waals surface area contributed by atoms with Gasteiger partial charge in [-0.3, -0.25) is 9.78 Å². The first-order valence-electron chi connectivity index (χ1n) is 7.54. The lowest BCUT2D eigenvalue weighted by Gasteiger charge is -2.09. The zero-order valence-electron chi connectivity index (χ0n) is 13.1. The van der Waals surface area contributed by atoms with Gasteiger partial charge in [0.2, 0.25) is 0 Å². The van der Waals surface area contributed by atoms with Gasteiger partial charge in [0.25, 0.3) is 5.91 Å². The number of hydrogen-bond acceptors (Lipinski definition) is 3. The van der Waals surface area contributed by atoms with Gasteiger partial charge < -0.3 is 10.1 Å². The van der Waals surface area contributed by atoms with Crippen LogP contribution in [0, 0.1) is 0 Å². The Morgan fingerprint density at radius 2 is 1.95 bits per heavy atom. The molecule has 4 nitrogen and oxygen atoms in total. The van der Waals surface area contributed by atoms with Gasteiger partial charge in [-0.05, 0) is 35.7 Å². The maximum Gasteiger partial charge on any atom is 0.257 e. The van der Waals surface area contributed by atoms with Crippen LogP contribution in [0.5, 0.6) is 5.75 Å². The normalized spacial score (nSPS) is 10.5. The van der Waals surface area contributed by atoms with Gasteiger partial charge in [0.05, 0.1) is 0 Å². The van der Waals surface area contributed by atoms with Crippen LogP contribution in [0.25, 0.3) is 0 Å². The van der Waals surface area contributed by atoms with Gasteiger partial charge >= 0.3 is 0 Å². The van der Waals surface area contributed by atoms with Crippen molar-refractivity contribution >= 4 is 5.91 Å². The topological polar surface area (TPSA) is 51.2 Å². The summed E-state index contributed by atoms with van der Waals surface area (Å²) in [6, 6.07) is 13.6. The van der Waals surface area contributed by atoms with Gasteiger partial charge in [-0.15, -0.1) is 0 Å². The van der Waals surface area contributed by atoms with Gasteiger partial charge in [-0.25, -0.2) is 0 Å². The minimum Gasteiger partial charge on any atom is -0.484 e. The van der Waals surface area contributed by atoms with Crippen LogP contribution >= 0.6 is 0 Å². The Morgan fingerprint density at radius 3 is 2.59 bits per heavy atom. The Morgan fingerprint density at radius 1 is 1.18 bits per heavy atom. The molecule has 0 aliphatic carbocycles. The Balaban J connectivity index is 1.69. The second kappa shape index (κ2) is 8.17. The average molecular weight is 298 g/mol. The van der Waals surface area contributed by atoms with Crippen LogP contribution in [-0.4, -0.2) is 24.0 Å². The second-order valence-electron chi connectivity index (χ2n) is 5.43. The Labute approximate surface area is 131 Å². The van der Waals surface area contributed by atoms with E-state index >= 15 is 0 Å². The number of hydrogen-bond donors (Lipinski definition) is 1. The summed E-state index contributed by atoms with van der Waals surface area (Å²) in [5, 5.41) is 2.83. The van der Waals surface area contributed by atoms with E-state index in [9.17, 15) is 4.79 Å². The van der Waals surface area contributed by atoms with E-state index in [1.807, 2.05) is 42.5 Å². The first-order valence-corrected chi connectivity index (χ1v) is 7.54. The number of benzene rings is 1. The van der Waals surface area contributed by atoms with Crippen molar-refractivity contribution in [2.75, 3.05) is 13.2 Å². The summed E-state index contributed by atoms with van der Waals surface area (Å²) in [7, 11) is 0. The highest BCUT2D eigenvalue weighted by Gasteiger charge is 2.04. The molecule has 2 rings (SSSR count). The molecule has 0 aliphatic rings. The maximum absolute atomic E-state index is 11.7. The molecule has 0 radical (unpaired) electrons. The molecule has 0 saturated heterocycles. The number of pyridine rings is 1. The third-order valence-electron chi connectivity index (χ3n) is 3.35. The average Bonchev–Trinajstić information content (AvgIpc) is 2.54. The number of ether oxygens (including phenoxy) is 1. The van der Waals surface area contributed by atoms with Gasteiger partial charge in [0, 0.05) is 24.9 Å². The van der Waals surface area contributed by atoms with Crippen molar-refractivity contribution in [2.24, 2.45) is 0 Å². The summed E-state index contributed by atoms with van der Waals surface area (Å²) in [6.45, 7) is 4.88. The molecule has 0 fully saturated rings.